The molecule has 2 aromatic rings. The van der Waals surface area contributed by atoms with E-state index in [9.17, 15) is 27.7 Å². The van der Waals surface area contributed by atoms with Crippen LogP contribution in [0.2, 0.25) is 0 Å². The molecule has 174 valence electrons. The first-order chi connectivity index (χ1) is 15.6. The Morgan fingerprint density at radius 1 is 1.27 bits per heavy atom. The average molecular weight is 492 g/mol. The molecule has 0 unspecified atom stereocenters. The molecule has 1 aromatic heterocycles. The van der Waals surface area contributed by atoms with Crippen LogP contribution >= 0.6 is 11.8 Å². The number of nitrogens with zero attached hydrogens (tertiary/aromatic N) is 3. The van der Waals surface area contributed by atoms with Crippen molar-refractivity contribution in [1.29, 1.82) is 0 Å². The lowest BCUT2D eigenvalue weighted by Gasteiger charge is -2.10. The second-order valence-corrected chi connectivity index (χ2v) is 8.50. The van der Waals surface area contributed by atoms with E-state index >= 15 is 0 Å². The first-order valence-corrected chi connectivity index (χ1v) is 11.9. The Labute approximate surface area is 193 Å². The number of hydrogen-bond acceptors (Lipinski definition) is 9. The fourth-order valence-electron chi connectivity index (χ4n) is 2.58. The van der Waals surface area contributed by atoms with E-state index in [4.69, 9.17) is 0 Å². The number of aromatic hydroxyl groups is 1. The fraction of sp³-hybridized carbons (Fsp3) is 0.150. The van der Waals surface area contributed by atoms with Crippen molar-refractivity contribution >= 4 is 39.5 Å². The SMILES string of the molecule is C=C/C=C(\C=C/CC=Nc1ccc(C)c(S(=O)(=O)O)c1SC)N=Nc1c(O)[nH]c(=O)[nH]c1=O. The van der Waals surface area contributed by atoms with E-state index in [0.29, 0.717) is 22.6 Å². The third-order valence-electron chi connectivity index (χ3n) is 3.96. The molecule has 33 heavy (non-hydrogen) atoms. The average Bonchev–Trinajstić information content (AvgIpc) is 2.72. The van der Waals surface area contributed by atoms with Crippen molar-refractivity contribution in [3.63, 3.8) is 0 Å². The van der Waals surface area contributed by atoms with Crippen LogP contribution in [0.3, 0.4) is 0 Å². The highest BCUT2D eigenvalue weighted by atomic mass is 32.2. The minimum absolute atomic E-state index is 0.169. The molecule has 11 nitrogen and oxygen atoms in total. The van der Waals surface area contributed by atoms with Gasteiger partial charge in [0.25, 0.3) is 15.7 Å². The van der Waals surface area contributed by atoms with Gasteiger partial charge >= 0.3 is 5.69 Å². The molecule has 0 amide bonds. The molecule has 1 heterocycles. The zero-order valence-electron chi connectivity index (χ0n) is 17.6. The number of H-pyrrole nitrogens is 2. The van der Waals surface area contributed by atoms with Gasteiger partial charge in [0.15, 0.2) is 0 Å². The molecule has 0 spiro atoms. The molecule has 13 heteroatoms. The molecule has 0 aliphatic carbocycles. The molecule has 1 aromatic carbocycles. The van der Waals surface area contributed by atoms with E-state index in [2.05, 4.69) is 21.8 Å². The monoisotopic (exact) mass is 491 g/mol. The lowest BCUT2D eigenvalue weighted by molar-refractivity contribution is 0.450. The number of allylic oxidation sites excluding steroid dienone is 4. The first-order valence-electron chi connectivity index (χ1n) is 9.22. The maximum atomic E-state index is 11.7. The molecule has 0 bridgehead atoms. The van der Waals surface area contributed by atoms with E-state index in [0.717, 1.165) is 11.8 Å². The molecule has 0 aliphatic heterocycles. The predicted molar refractivity (Wildman–Crippen MR) is 127 cm³/mol. The highest BCUT2D eigenvalue weighted by molar-refractivity contribution is 7.99. The van der Waals surface area contributed by atoms with E-state index in [1.165, 1.54) is 18.4 Å². The molecular weight excluding hydrogens is 470 g/mol. The Hall–Kier alpha value is -3.55. The van der Waals surface area contributed by atoms with Crippen LogP contribution in [0.5, 0.6) is 5.88 Å². The van der Waals surface area contributed by atoms with Crippen LogP contribution in [0.15, 0.2) is 83.3 Å². The van der Waals surface area contributed by atoms with Gasteiger partial charge in [-0.15, -0.1) is 16.9 Å². The zero-order chi connectivity index (χ0) is 24.6. The normalized spacial score (nSPS) is 12.9. The van der Waals surface area contributed by atoms with Crippen LogP contribution in [-0.4, -0.2) is 40.5 Å². The summed E-state index contributed by atoms with van der Waals surface area (Å²) in [7, 11) is -4.40. The smallest absolute Gasteiger partial charge is 0.328 e. The molecular formula is C20H21N5O6S2. The van der Waals surface area contributed by atoms with E-state index in [1.807, 2.05) is 9.97 Å². The summed E-state index contributed by atoms with van der Waals surface area (Å²) < 4.78 is 32.9. The predicted octanol–water partition coefficient (Wildman–Crippen LogP) is 3.55. The summed E-state index contributed by atoms with van der Waals surface area (Å²) in [5.74, 6) is -0.714. The highest BCUT2D eigenvalue weighted by Crippen LogP contribution is 2.36. The summed E-state index contributed by atoms with van der Waals surface area (Å²) in [6, 6.07) is 3.21. The molecule has 0 saturated carbocycles. The van der Waals surface area contributed by atoms with E-state index in [1.54, 1.807) is 37.5 Å². The number of rotatable bonds is 9. The second-order valence-electron chi connectivity index (χ2n) is 6.32. The van der Waals surface area contributed by atoms with Crippen molar-refractivity contribution in [3.8, 4) is 5.88 Å². The van der Waals surface area contributed by atoms with Crippen molar-refractivity contribution in [2.45, 2.75) is 23.1 Å². The number of nitrogens with one attached hydrogen (secondary N) is 2. The van der Waals surface area contributed by atoms with Gasteiger partial charge in [-0.2, -0.15) is 13.5 Å². The van der Waals surface area contributed by atoms with Gasteiger partial charge in [0.2, 0.25) is 11.6 Å². The number of aryl methyl sites for hydroxylation is 1. The summed E-state index contributed by atoms with van der Waals surface area (Å²) in [6.07, 6.45) is 9.72. The number of aromatic nitrogens is 2. The van der Waals surface area contributed by atoms with Gasteiger partial charge < -0.3 is 5.11 Å². The van der Waals surface area contributed by atoms with Gasteiger partial charge in [0.1, 0.15) is 4.90 Å². The third-order valence-corrected chi connectivity index (χ3v) is 5.96. The van der Waals surface area contributed by atoms with Gasteiger partial charge in [0, 0.05) is 12.6 Å². The Morgan fingerprint density at radius 2 is 2.00 bits per heavy atom. The van der Waals surface area contributed by atoms with E-state index in [-0.39, 0.29) is 10.6 Å². The Kier molecular flexibility index (Phi) is 8.85. The molecule has 0 saturated heterocycles. The second kappa shape index (κ2) is 11.4. The van der Waals surface area contributed by atoms with Gasteiger partial charge in [-0.25, -0.2) is 4.79 Å². The largest absolute Gasteiger partial charge is 0.493 e. The maximum Gasteiger partial charge on any atom is 0.328 e. The van der Waals surface area contributed by atoms with Gasteiger partial charge in [-0.3, -0.25) is 24.3 Å². The van der Waals surface area contributed by atoms with Crippen molar-refractivity contribution in [1.82, 2.24) is 9.97 Å². The minimum atomic E-state index is -4.40. The third kappa shape index (κ3) is 6.97. The Bertz CT molecular complexity index is 1380. The van der Waals surface area contributed by atoms with Crippen LogP contribution in [-0.2, 0) is 10.1 Å². The summed E-state index contributed by atoms with van der Waals surface area (Å²) >= 11 is 1.16. The Morgan fingerprint density at radius 3 is 2.61 bits per heavy atom. The fourth-order valence-corrected chi connectivity index (χ4v) is 4.64. The van der Waals surface area contributed by atoms with Crippen LogP contribution in [0.4, 0.5) is 11.4 Å². The molecule has 2 rings (SSSR count). The number of thioether (sulfide) groups is 1. The summed E-state index contributed by atoms with van der Waals surface area (Å²) in [5, 5.41) is 17.1. The number of aromatic amines is 2. The zero-order valence-corrected chi connectivity index (χ0v) is 19.3. The standard InChI is InChI=1S/C20H21N5O6S2/c1-4-7-13(24-25-15-18(26)22-20(28)23-19(15)27)8-5-6-11-21-14-10-9-12(2)17(16(14)32-3)33(29,30)31/h4-5,7-11H,1,6H2,2-3H3,(H,29,30,31)(H3,22,23,26,27,28)/b8-5-,13-7+,21-11?,25-24?. The topological polar surface area (TPSA) is 177 Å². The van der Waals surface area contributed by atoms with Crippen LogP contribution in [0.25, 0.3) is 0 Å². The van der Waals surface area contributed by atoms with E-state index < -0.39 is 32.9 Å². The lowest BCUT2D eigenvalue weighted by Crippen LogP contribution is -2.20. The first kappa shape index (κ1) is 25.7. The maximum absolute atomic E-state index is 11.7. The molecule has 4 N–H and O–H groups in total. The van der Waals surface area contributed by atoms with Gasteiger partial charge in [0.05, 0.1) is 16.3 Å². The number of benzene rings is 1. The quantitative estimate of drug-likeness (QED) is 0.136. The number of azo groups is 1. The summed E-state index contributed by atoms with van der Waals surface area (Å²) in [5.41, 5.74) is -1.14. The van der Waals surface area contributed by atoms with Crippen LogP contribution in [0.1, 0.15) is 12.0 Å². The highest BCUT2D eigenvalue weighted by Gasteiger charge is 2.20. The lowest BCUT2D eigenvalue weighted by atomic mass is 10.2. The Balaban J connectivity index is 2.20. The van der Waals surface area contributed by atoms with Crippen LogP contribution in [0, 0.1) is 6.92 Å². The molecule has 0 radical (unpaired) electrons. The summed E-state index contributed by atoms with van der Waals surface area (Å²) in [6.45, 7) is 5.15. The molecule has 0 fully saturated rings. The number of hydrogen-bond donors (Lipinski definition) is 4. The molecule has 0 aliphatic rings. The summed E-state index contributed by atoms with van der Waals surface area (Å²) in [4.78, 5) is 31.2. The van der Waals surface area contributed by atoms with Crippen molar-refractivity contribution in [2.24, 2.45) is 15.2 Å². The number of aliphatic imine (C=N–C) groups is 1. The van der Waals surface area contributed by atoms with Gasteiger partial charge in [-0.1, -0.05) is 24.8 Å². The minimum Gasteiger partial charge on any atom is -0.493 e. The molecule has 0 atom stereocenters. The van der Waals surface area contributed by atoms with Gasteiger partial charge in [-0.05, 0) is 37.0 Å². The van der Waals surface area contributed by atoms with Crippen molar-refractivity contribution in [2.75, 3.05) is 6.26 Å². The van der Waals surface area contributed by atoms with Crippen molar-refractivity contribution in [3.05, 3.63) is 75.1 Å². The van der Waals surface area contributed by atoms with Crippen LogP contribution < -0.4 is 11.2 Å². The van der Waals surface area contributed by atoms with Crippen molar-refractivity contribution < 1.29 is 18.1 Å².